The van der Waals surface area contributed by atoms with Crippen molar-refractivity contribution in [2.45, 2.75) is 26.2 Å². The number of hydrogen-bond donors (Lipinski definition) is 0. The van der Waals surface area contributed by atoms with Crippen LogP contribution in [-0.4, -0.2) is 9.97 Å². The average Bonchev–Trinajstić information content (AvgIpc) is 2.45. The van der Waals surface area contributed by atoms with Crippen LogP contribution >= 0.6 is 11.3 Å². The fourth-order valence-electron chi connectivity index (χ4n) is 1.30. The largest absolute Gasteiger partial charge is 0.252 e. The van der Waals surface area contributed by atoms with Crippen molar-refractivity contribution in [3.8, 4) is 0 Å². The molecule has 0 aliphatic heterocycles. The molecule has 0 aliphatic rings. The van der Waals surface area contributed by atoms with Gasteiger partial charge in [0.15, 0.2) is 0 Å². The zero-order valence-corrected chi connectivity index (χ0v) is 8.85. The van der Waals surface area contributed by atoms with E-state index in [0.29, 0.717) is 0 Å². The van der Waals surface area contributed by atoms with Gasteiger partial charge < -0.3 is 0 Å². The fourth-order valence-corrected chi connectivity index (χ4v) is 2.39. The summed E-state index contributed by atoms with van der Waals surface area (Å²) in [6, 6.07) is 0. The van der Waals surface area contributed by atoms with E-state index in [1.165, 1.54) is 5.56 Å². The minimum atomic E-state index is 0.161. The summed E-state index contributed by atoms with van der Waals surface area (Å²) in [6.45, 7) is 6.59. The van der Waals surface area contributed by atoms with Crippen LogP contribution in [0.5, 0.6) is 0 Å². The third kappa shape index (κ3) is 1.44. The van der Waals surface area contributed by atoms with Gasteiger partial charge in [-0.2, -0.15) is 0 Å². The molecule has 0 saturated carbocycles. The van der Waals surface area contributed by atoms with Crippen molar-refractivity contribution < 1.29 is 0 Å². The van der Waals surface area contributed by atoms with E-state index < -0.39 is 0 Å². The molecule has 0 aliphatic carbocycles. The van der Waals surface area contributed by atoms with Crippen molar-refractivity contribution in [1.29, 1.82) is 0 Å². The summed E-state index contributed by atoms with van der Waals surface area (Å²) in [7, 11) is 0. The Bertz CT molecular complexity index is 426. The Labute approximate surface area is 81.7 Å². The molecule has 2 aromatic heterocycles. The van der Waals surface area contributed by atoms with E-state index in [1.54, 1.807) is 23.7 Å². The molecule has 0 atom stereocenters. The molecule has 13 heavy (non-hydrogen) atoms. The molecule has 0 fully saturated rings. The van der Waals surface area contributed by atoms with Gasteiger partial charge in [0, 0.05) is 12.4 Å². The van der Waals surface area contributed by atoms with Crippen LogP contribution in [0.1, 0.15) is 26.3 Å². The summed E-state index contributed by atoms with van der Waals surface area (Å²) >= 11 is 1.67. The molecular weight excluding hydrogens is 180 g/mol. The van der Waals surface area contributed by atoms with Gasteiger partial charge in [-0.05, 0) is 16.4 Å². The summed E-state index contributed by atoms with van der Waals surface area (Å²) in [4.78, 5) is 9.66. The molecule has 2 rings (SSSR count). The van der Waals surface area contributed by atoms with Crippen LogP contribution in [0.25, 0.3) is 10.3 Å². The normalized spacial score (nSPS) is 12.2. The quantitative estimate of drug-likeness (QED) is 0.641. The zero-order valence-electron chi connectivity index (χ0n) is 8.03. The van der Waals surface area contributed by atoms with Gasteiger partial charge in [-0.25, -0.2) is 4.98 Å². The molecule has 0 aromatic carbocycles. The number of thiophene rings is 1. The molecule has 0 unspecified atom stereocenters. The number of rotatable bonds is 0. The van der Waals surface area contributed by atoms with Gasteiger partial charge >= 0.3 is 0 Å². The van der Waals surface area contributed by atoms with Gasteiger partial charge in [0.1, 0.15) is 10.3 Å². The topological polar surface area (TPSA) is 25.8 Å². The molecular formula is C10H12N2S. The second kappa shape index (κ2) is 2.77. The highest BCUT2D eigenvalue weighted by Gasteiger charge is 2.19. The molecule has 2 nitrogen and oxygen atoms in total. The predicted octanol–water partition coefficient (Wildman–Crippen LogP) is 2.99. The first-order valence-electron chi connectivity index (χ1n) is 4.28. The van der Waals surface area contributed by atoms with Crippen LogP contribution in [0.15, 0.2) is 17.8 Å². The van der Waals surface area contributed by atoms with Crippen molar-refractivity contribution in [2.75, 3.05) is 0 Å². The molecule has 0 N–H and O–H groups in total. The summed E-state index contributed by atoms with van der Waals surface area (Å²) < 4.78 is 0. The predicted molar refractivity (Wildman–Crippen MR) is 56.1 cm³/mol. The van der Waals surface area contributed by atoms with Crippen LogP contribution in [0, 0.1) is 0 Å². The number of nitrogens with zero attached hydrogens (tertiary/aromatic N) is 2. The average molecular weight is 192 g/mol. The molecule has 3 heteroatoms. The summed E-state index contributed by atoms with van der Waals surface area (Å²) in [5.41, 5.74) is 2.51. The molecule has 0 amide bonds. The standard InChI is InChI=1S/C10H12N2S/c1-10(2,3)7-6-13-9-8(7)11-4-5-12-9/h4-6H,1-3H3. The Kier molecular flexibility index (Phi) is 1.84. The second-order valence-corrected chi connectivity index (χ2v) is 4.97. The fraction of sp³-hybridized carbons (Fsp3) is 0.400. The molecule has 2 aromatic rings. The number of fused-ring (bicyclic) bond motifs is 1. The maximum atomic E-state index is 4.36. The maximum absolute atomic E-state index is 4.36. The van der Waals surface area contributed by atoms with E-state index in [2.05, 4.69) is 36.1 Å². The second-order valence-electron chi connectivity index (χ2n) is 4.11. The molecule has 2 heterocycles. The lowest BCUT2D eigenvalue weighted by atomic mass is 9.89. The van der Waals surface area contributed by atoms with Crippen molar-refractivity contribution in [2.24, 2.45) is 0 Å². The summed E-state index contributed by atoms with van der Waals surface area (Å²) in [5, 5.41) is 2.16. The smallest absolute Gasteiger partial charge is 0.142 e. The van der Waals surface area contributed by atoms with Gasteiger partial charge in [-0.15, -0.1) is 11.3 Å². The van der Waals surface area contributed by atoms with Gasteiger partial charge in [-0.1, -0.05) is 20.8 Å². The first-order chi connectivity index (χ1) is 6.09. The lowest BCUT2D eigenvalue weighted by molar-refractivity contribution is 0.596. The maximum Gasteiger partial charge on any atom is 0.142 e. The third-order valence-corrected chi connectivity index (χ3v) is 2.89. The lowest BCUT2D eigenvalue weighted by Gasteiger charge is -2.16. The SMILES string of the molecule is CC(C)(C)c1csc2nccnc12. The van der Waals surface area contributed by atoms with Gasteiger partial charge in [0.05, 0.1) is 0 Å². The lowest BCUT2D eigenvalue weighted by Crippen LogP contribution is -2.10. The minimum absolute atomic E-state index is 0.161. The van der Waals surface area contributed by atoms with Crippen molar-refractivity contribution in [3.63, 3.8) is 0 Å². The molecule has 0 bridgehead atoms. The van der Waals surface area contributed by atoms with E-state index in [1.807, 2.05) is 0 Å². The van der Waals surface area contributed by atoms with E-state index in [-0.39, 0.29) is 5.41 Å². The number of hydrogen-bond acceptors (Lipinski definition) is 3. The Balaban J connectivity index is 2.72. The monoisotopic (exact) mass is 192 g/mol. The summed E-state index contributed by atoms with van der Waals surface area (Å²) in [5.74, 6) is 0. The van der Waals surface area contributed by atoms with Crippen LogP contribution in [0.4, 0.5) is 0 Å². The molecule has 0 saturated heterocycles. The Morgan fingerprint density at radius 3 is 2.54 bits per heavy atom. The highest BCUT2D eigenvalue weighted by Crippen LogP contribution is 2.31. The van der Waals surface area contributed by atoms with Gasteiger partial charge in [0.25, 0.3) is 0 Å². The van der Waals surface area contributed by atoms with Crippen LogP contribution < -0.4 is 0 Å². The molecule has 68 valence electrons. The third-order valence-electron chi connectivity index (χ3n) is 2.02. The molecule has 0 spiro atoms. The minimum Gasteiger partial charge on any atom is -0.252 e. The first kappa shape index (κ1) is 8.63. The van der Waals surface area contributed by atoms with E-state index >= 15 is 0 Å². The first-order valence-corrected chi connectivity index (χ1v) is 5.16. The van der Waals surface area contributed by atoms with Crippen molar-refractivity contribution in [1.82, 2.24) is 9.97 Å². The number of aromatic nitrogens is 2. The van der Waals surface area contributed by atoms with Gasteiger partial charge in [-0.3, -0.25) is 4.98 Å². The van der Waals surface area contributed by atoms with E-state index in [4.69, 9.17) is 0 Å². The highest BCUT2D eigenvalue weighted by atomic mass is 32.1. The Hall–Kier alpha value is -0.960. The Morgan fingerprint density at radius 2 is 1.85 bits per heavy atom. The van der Waals surface area contributed by atoms with Crippen molar-refractivity contribution >= 4 is 21.7 Å². The van der Waals surface area contributed by atoms with Crippen LogP contribution in [0.2, 0.25) is 0 Å². The van der Waals surface area contributed by atoms with Crippen LogP contribution in [0.3, 0.4) is 0 Å². The van der Waals surface area contributed by atoms with Crippen molar-refractivity contribution in [3.05, 3.63) is 23.3 Å². The van der Waals surface area contributed by atoms with E-state index in [9.17, 15) is 0 Å². The zero-order chi connectivity index (χ0) is 9.47. The Morgan fingerprint density at radius 1 is 1.15 bits per heavy atom. The summed E-state index contributed by atoms with van der Waals surface area (Å²) in [6.07, 6.45) is 3.50. The van der Waals surface area contributed by atoms with Crippen LogP contribution in [-0.2, 0) is 5.41 Å². The van der Waals surface area contributed by atoms with Gasteiger partial charge in [0.2, 0.25) is 0 Å². The highest BCUT2D eigenvalue weighted by molar-refractivity contribution is 7.16. The molecule has 0 radical (unpaired) electrons. The van der Waals surface area contributed by atoms with E-state index in [0.717, 1.165) is 10.3 Å².